The van der Waals surface area contributed by atoms with Crippen molar-refractivity contribution in [3.63, 3.8) is 0 Å². The van der Waals surface area contributed by atoms with Gasteiger partial charge in [-0.05, 0) is 24.1 Å². The molecule has 0 saturated heterocycles. The predicted octanol–water partition coefficient (Wildman–Crippen LogP) is -1.49. The number of thiol groups is 1. The summed E-state index contributed by atoms with van der Waals surface area (Å²) in [5, 5.41) is 23.3. The Labute approximate surface area is 167 Å². The number of nitrogens with one attached hydrogen (secondary N) is 2. The Kier molecular flexibility index (Phi) is 9.25. The number of aliphatic carboxylic acids is 1. The van der Waals surface area contributed by atoms with Gasteiger partial charge in [0.05, 0.1) is 6.04 Å². The molecule has 0 aliphatic heterocycles. The molecule has 0 aliphatic rings. The van der Waals surface area contributed by atoms with Gasteiger partial charge in [0, 0.05) is 18.6 Å². The number of carboxylic acids is 1. The lowest BCUT2D eigenvalue weighted by Crippen LogP contribution is -2.55. The Morgan fingerprint density at radius 3 is 2.11 bits per heavy atom. The van der Waals surface area contributed by atoms with Crippen LogP contribution in [-0.4, -0.2) is 57.8 Å². The number of phenols is 1. The predicted molar refractivity (Wildman–Crippen MR) is 104 cm³/mol. The fraction of sp³-hybridized carbons (Fsp3) is 0.412. The maximum atomic E-state index is 12.4. The Hall–Kier alpha value is -2.79. The highest BCUT2D eigenvalue weighted by Gasteiger charge is 2.27. The first kappa shape index (κ1) is 23.2. The molecule has 0 aromatic heterocycles. The molecule has 10 nitrogen and oxygen atoms in total. The van der Waals surface area contributed by atoms with E-state index in [4.69, 9.17) is 11.5 Å². The third-order valence-corrected chi connectivity index (χ3v) is 4.21. The van der Waals surface area contributed by atoms with Crippen molar-refractivity contribution in [2.24, 2.45) is 11.5 Å². The van der Waals surface area contributed by atoms with Crippen LogP contribution < -0.4 is 22.1 Å². The number of amides is 3. The van der Waals surface area contributed by atoms with Gasteiger partial charge >= 0.3 is 5.97 Å². The summed E-state index contributed by atoms with van der Waals surface area (Å²) in [6.45, 7) is 0. The minimum Gasteiger partial charge on any atom is -0.508 e. The molecule has 154 valence electrons. The van der Waals surface area contributed by atoms with Crippen molar-refractivity contribution in [2.45, 2.75) is 37.4 Å². The van der Waals surface area contributed by atoms with Crippen molar-refractivity contribution in [3.8, 4) is 5.75 Å². The number of carboxylic acid groups (broad SMARTS) is 1. The first-order valence-electron chi connectivity index (χ1n) is 8.40. The van der Waals surface area contributed by atoms with E-state index in [1.54, 1.807) is 0 Å². The van der Waals surface area contributed by atoms with Crippen molar-refractivity contribution in [3.05, 3.63) is 29.8 Å². The Morgan fingerprint density at radius 1 is 1.04 bits per heavy atom. The number of benzene rings is 1. The summed E-state index contributed by atoms with van der Waals surface area (Å²) in [6.07, 6.45) is -0.0898. The van der Waals surface area contributed by atoms with Crippen LogP contribution in [0.5, 0.6) is 5.75 Å². The third-order valence-electron chi connectivity index (χ3n) is 3.84. The van der Waals surface area contributed by atoms with E-state index in [1.807, 2.05) is 0 Å². The third kappa shape index (κ3) is 7.84. The molecule has 1 aromatic rings. The fourth-order valence-corrected chi connectivity index (χ4v) is 2.50. The van der Waals surface area contributed by atoms with Crippen molar-refractivity contribution < 1.29 is 29.4 Å². The summed E-state index contributed by atoms with van der Waals surface area (Å²) in [5.41, 5.74) is 11.2. The van der Waals surface area contributed by atoms with Crippen LogP contribution >= 0.6 is 12.6 Å². The van der Waals surface area contributed by atoms with Gasteiger partial charge in [-0.1, -0.05) is 12.1 Å². The zero-order valence-electron chi connectivity index (χ0n) is 15.0. The van der Waals surface area contributed by atoms with E-state index in [9.17, 15) is 29.4 Å². The normalized spacial score (nSPS) is 13.8. The molecule has 1 aromatic carbocycles. The van der Waals surface area contributed by atoms with E-state index in [0.717, 1.165) is 0 Å². The number of primary amides is 1. The molecule has 28 heavy (non-hydrogen) atoms. The Bertz CT molecular complexity index is 712. The molecule has 1 rings (SSSR count). The number of carbonyl (C=O) groups is 4. The molecule has 0 saturated carbocycles. The summed E-state index contributed by atoms with van der Waals surface area (Å²) in [5.74, 6) is -3.34. The second kappa shape index (κ2) is 11.1. The van der Waals surface area contributed by atoms with Gasteiger partial charge in [-0.3, -0.25) is 14.4 Å². The van der Waals surface area contributed by atoms with Gasteiger partial charge in [0.15, 0.2) is 0 Å². The van der Waals surface area contributed by atoms with Crippen LogP contribution in [0, 0.1) is 0 Å². The molecule has 0 unspecified atom stereocenters. The van der Waals surface area contributed by atoms with E-state index >= 15 is 0 Å². The van der Waals surface area contributed by atoms with Gasteiger partial charge in [0.2, 0.25) is 17.7 Å². The highest BCUT2D eigenvalue weighted by atomic mass is 32.1. The van der Waals surface area contributed by atoms with Crippen LogP contribution in [0.2, 0.25) is 0 Å². The molecule has 3 atom stereocenters. The van der Waals surface area contributed by atoms with Crippen molar-refractivity contribution in [1.29, 1.82) is 0 Å². The minimum absolute atomic E-state index is 0.0146. The monoisotopic (exact) mass is 412 g/mol. The summed E-state index contributed by atoms with van der Waals surface area (Å²) in [7, 11) is 0. The number of nitrogens with two attached hydrogens (primary N) is 2. The standard InChI is InChI=1S/C17H24N4O6S/c18-11(5-6-14(19)23)15(24)21-13(8-28)16(25)20-12(17(26)27)7-9-1-3-10(22)4-2-9/h1-4,11-13,22,28H,5-8,18H2,(H2,19,23)(H,20,25)(H,21,24)(H,26,27)/t11-,12-,13-/m0/s1. The van der Waals surface area contributed by atoms with Crippen LogP contribution in [0.4, 0.5) is 0 Å². The molecule has 0 fully saturated rings. The Morgan fingerprint density at radius 2 is 1.61 bits per heavy atom. The van der Waals surface area contributed by atoms with E-state index < -0.39 is 41.8 Å². The highest BCUT2D eigenvalue weighted by Crippen LogP contribution is 2.11. The first-order chi connectivity index (χ1) is 13.1. The topological polar surface area (TPSA) is 185 Å². The number of phenolic OH excluding ortho intramolecular Hbond substituents is 1. The van der Waals surface area contributed by atoms with Crippen molar-refractivity contribution in [2.75, 3.05) is 5.75 Å². The number of hydrogen-bond donors (Lipinski definition) is 7. The highest BCUT2D eigenvalue weighted by molar-refractivity contribution is 7.80. The van der Waals surface area contributed by atoms with Gasteiger partial charge in [-0.15, -0.1) is 0 Å². The van der Waals surface area contributed by atoms with E-state index in [-0.39, 0.29) is 30.8 Å². The van der Waals surface area contributed by atoms with Crippen LogP contribution in [0.15, 0.2) is 24.3 Å². The van der Waals surface area contributed by atoms with E-state index in [1.165, 1.54) is 24.3 Å². The number of aromatic hydroxyl groups is 1. The average molecular weight is 412 g/mol. The van der Waals surface area contributed by atoms with Crippen molar-refractivity contribution in [1.82, 2.24) is 10.6 Å². The number of hydrogen-bond acceptors (Lipinski definition) is 7. The molecule has 0 radical (unpaired) electrons. The SMILES string of the molecule is NC(=O)CC[C@H](N)C(=O)N[C@@H](CS)C(=O)N[C@@H](Cc1ccc(O)cc1)C(=O)O. The van der Waals surface area contributed by atoms with Gasteiger partial charge in [0.25, 0.3) is 0 Å². The summed E-state index contributed by atoms with van der Waals surface area (Å²) in [4.78, 5) is 46.6. The lowest BCUT2D eigenvalue weighted by molar-refractivity contribution is -0.142. The molecular weight excluding hydrogens is 388 g/mol. The maximum Gasteiger partial charge on any atom is 0.326 e. The van der Waals surface area contributed by atoms with Crippen molar-refractivity contribution >= 4 is 36.3 Å². The van der Waals surface area contributed by atoms with E-state index in [2.05, 4.69) is 23.3 Å². The van der Waals surface area contributed by atoms with Gasteiger partial charge in [-0.25, -0.2) is 4.79 Å². The fourth-order valence-electron chi connectivity index (χ4n) is 2.24. The molecule has 11 heteroatoms. The maximum absolute atomic E-state index is 12.4. The average Bonchev–Trinajstić information content (AvgIpc) is 2.64. The first-order valence-corrected chi connectivity index (χ1v) is 9.03. The van der Waals surface area contributed by atoms with Crippen LogP contribution in [0.25, 0.3) is 0 Å². The van der Waals surface area contributed by atoms with Crippen LogP contribution in [0.1, 0.15) is 18.4 Å². The lowest BCUT2D eigenvalue weighted by atomic mass is 10.1. The smallest absolute Gasteiger partial charge is 0.326 e. The summed E-state index contributed by atoms with van der Waals surface area (Å²) >= 11 is 4.00. The molecule has 0 heterocycles. The lowest BCUT2D eigenvalue weighted by Gasteiger charge is -2.21. The molecular formula is C17H24N4O6S. The number of carbonyl (C=O) groups excluding carboxylic acids is 3. The zero-order valence-corrected chi connectivity index (χ0v) is 15.9. The molecule has 3 amide bonds. The number of rotatable bonds is 11. The van der Waals surface area contributed by atoms with Crippen LogP contribution in [0.3, 0.4) is 0 Å². The molecule has 0 spiro atoms. The molecule has 0 aliphatic carbocycles. The Balaban J connectivity index is 2.70. The van der Waals surface area contributed by atoms with Gasteiger partial charge < -0.3 is 32.3 Å². The van der Waals surface area contributed by atoms with Gasteiger partial charge in [0.1, 0.15) is 17.8 Å². The second-order valence-electron chi connectivity index (χ2n) is 6.13. The van der Waals surface area contributed by atoms with Gasteiger partial charge in [-0.2, -0.15) is 12.6 Å². The minimum atomic E-state index is -1.26. The largest absolute Gasteiger partial charge is 0.508 e. The molecule has 0 bridgehead atoms. The molecule has 8 N–H and O–H groups in total. The summed E-state index contributed by atoms with van der Waals surface area (Å²) < 4.78 is 0. The van der Waals surface area contributed by atoms with Crippen LogP contribution in [-0.2, 0) is 25.6 Å². The quantitative estimate of drug-likeness (QED) is 0.216. The van der Waals surface area contributed by atoms with E-state index in [0.29, 0.717) is 5.56 Å². The zero-order chi connectivity index (χ0) is 21.3. The second-order valence-corrected chi connectivity index (χ2v) is 6.49. The summed E-state index contributed by atoms with van der Waals surface area (Å²) in [6, 6.07) is 2.47.